The van der Waals surface area contributed by atoms with E-state index in [9.17, 15) is 23.2 Å². The molecule has 2 N–H and O–H groups in total. The summed E-state index contributed by atoms with van der Waals surface area (Å²) in [5, 5.41) is 0.496. The van der Waals surface area contributed by atoms with Gasteiger partial charge in [0.1, 0.15) is 17.5 Å². The second kappa shape index (κ2) is 12.6. The molecule has 1 atom stereocenters. The van der Waals surface area contributed by atoms with Crippen LogP contribution in [0.15, 0.2) is 65.5 Å². The van der Waals surface area contributed by atoms with Gasteiger partial charge in [0.15, 0.2) is 6.04 Å². The number of nitrogens with two attached hydrogens (primary N) is 1. The highest BCUT2D eigenvalue weighted by molar-refractivity contribution is 6.31. The summed E-state index contributed by atoms with van der Waals surface area (Å²) in [5.74, 6) is -2.73. The number of hydrogen-bond acceptors (Lipinski definition) is 5. The van der Waals surface area contributed by atoms with Crippen LogP contribution in [0.25, 0.3) is 10.9 Å². The summed E-state index contributed by atoms with van der Waals surface area (Å²) in [6, 6.07) is 12.9. The molecule has 0 aliphatic rings. The van der Waals surface area contributed by atoms with Gasteiger partial charge in [-0.2, -0.15) is 0 Å². The zero-order valence-electron chi connectivity index (χ0n) is 22.9. The lowest BCUT2D eigenvalue weighted by Crippen LogP contribution is -2.47. The fourth-order valence-electron chi connectivity index (χ4n) is 4.56. The molecule has 214 valence electrons. The van der Waals surface area contributed by atoms with Crippen molar-refractivity contribution in [1.29, 1.82) is 0 Å². The minimum atomic E-state index is -1.38. The topological polar surface area (TPSA) is 102 Å². The molecule has 0 bridgehead atoms. The van der Waals surface area contributed by atoms with Gasteiger partial charge in [0.05, 0.1) is 17.4 Å². The highest BCUT2D eigenvalue weighted by atomic mass is 35.5. The van der Waals surface area contributed by atoms with Crippen LogP contribution in [-0.4, -0.2) is 58.4 Å². The molecule has 0 saturated heterocycles. The molecule has 11 heteroatoms. The minimum Gasteiger partial charge on any atom is -0.347 e. The van der Waals surface area contributed by atoms with Crippen LogP contribution in [0.3, 0.4) is 0 Å². The first kappa shape index (κ1) is 29.8. The van der Waals surface area contributed by atoms with E-state index in [2.05, 4.69) is 4.98 Å². The normalized spacial score (nSPS) is 11.9. The van der Waals surface area contributed by atoms with E-state index in [0.29, 0.717) is 17.0 Å². The molecule has 2 amide bonds. The van der Waals surface area contributed by atoms with E-state index in [0.717, 1.165) is 23.8 Å². The number of carbonyl (C=O) groups is 2. The fraction of sp³-hybridized carbons (Fsp3) is 0.267. The lowest BCUT2D eigenvalue weighted by Gasteiger charge is -2.33. The molecule has 1 heterocycles. The summed E-state index contributed by atoms with van der Waals surface area (Å²) < 4.78 is 29.4. The van der Waals surface area contributed by atoms with Crippen molar-refractivity contribution in [1.82, 2.24) is 19.4 Å². The zero-order chi connectivity index (χ0) is 29.8. The lowest BCUT2D eigenvalue weighted by molar-refractivity contribution is -0.134. The predicted octanol–water partition coefficient (Wildman–Crippen LogP) is 4.31. The zero-order valence-corrected chi connectivity index (χ0v) is 23.7. The van der Waals surface area contributed by atoms with Gasteiger partial charge in [-0.3, -0.25) is 19.0 Å². The highest BCUT2D eigenvalue weighted by Crippen LogP contribution is 2.27. The van der Waals surface area contributed by atoms with Gasteiger partial charge in [0.25, 0.3) is 17.4 Å². The molecule has 41 heavy (non-hydrogen) atoms. The van der Waals surface area contributed by atoms with Crippen LogP contribution in [0.4, 0.5) is 8.78 Å². The maximum atomic E-state index is 14.1. The third-order valence-electron chi connectivity index (χ3n) is 6.60. The van der Waals surface area contributed by atoms with Crippen molar-refractivity contribution < 1.29 is 18.4 Å². The van der Waals surface area contributed by atoms with Crippen LogP contribution in [-0.2, 0) is 11.3 Å². The number of carbonyl (C=O) groups excluding carboxylic acids is 2. The van der Waals surface area contributed by atoms with Crippen molar-refractivity contribution in [3.8, 4) is 0 Å². The number of halogens is 3. The van der Waals surface area contributed by atoms with Crippen LogP contribution in [0.2, 0.25) is 5.02 Å². The van der Waals surface area contributed by atoms with Crippen LogP contribution < -0.4 is 11.3 Å². The van der Waals surface area contributed by atoms with Crippen molar-refractivity contribution >= 4 is 34.3 Å². The first-order valence-corrected chi connectivity index (χ1v) is 13.3. The Hall–Kier alpha value is -4.15. The van der Waals surface area contributed by atoms with Crippen LogP contribution >= 0.6 is 11.6 Å². The number of fused-ring (bicyclic) bond motifs is 1. The average molecular weight is 582 g/mol. The molecule has 1 unspecified atom stereocenters. The Labute approximate surface area is 241 Å². The maximum absolute atomic E-state index is 14.1. The second-order valence-corrected chi connectivity index (χ2v) is 10.4. The fourth-order valence-corrected chi connectivity index (χ4v) is 4.72. The van der Waals surface area contributed by atoms with Gasteiger partial charge in [0.2, 0.25) is 0 Å². The van der Waals surface area contributed by atoms with Gasteiger partial charge in [0, 0.05) is 37.3 Å². The molecule has 8 nitrogen and oxygen atoms in total. The third kappa shape index (κ3) is 6.61. The van der Waals surface area contributed by atoms with E-state index in [1.807, 2.05) is 6.92 Å². The van der Waals surface area contributed by atoms with Gasteiger partial charge in [-0.1, -0.05) is 29.3 Å². The Morgan fingerprint density at radius 1 is 1.02 bits per heavy atom. The van der Waals surface area contributed by atoms with Gasteiger partial charge < -0.3 is 15.5 Å². The number of aryl methyl sites for hydroxylation is 1. The Bertz CT molecular complexity index is 1640. The summed E-state index contributed by atoms with van der Waals surface area (Å²) in [6.45, 7) is 1.88. The smallest absolute Gasteiger partial charge is 0.261 e. The van der Waals surface area contributed by atoms with Gasteiger partial charge in [-0.05, 0) is 67.9 Å². The van der Waals surface area contributed by atoms with E-state index < -0.39 is 35.0 Å². The van der Waals surface area contributed by atoms with E-state index in [1.54, 1.807) is 24.3 Å². The summed E-state index contributed by atoms with van der Waals surface area (Å²) in [6.07, 6.45) is 0.355. The van der Waals surface area contributed by atoms with Crippen LogP contribution in [0, 0.1) is 18.6 Å². The second-order valence-electron chi connectivity index (χ2n) is 9.94. The van der Waals surface area contributed by atoms with Crippen LogP contribution in [0.1, 0.15) is 39.8 Å². The molecule has 0 fully saturated rings. The Morgan fingerprint density at radius 3 is 2.29 bits per heavy atom. The average Bonchev–Trinajstić information content (AvgIpc) is 2.91. The number of rotatable bonds is 9. The lowest BCUT2D eigenvalue weighted by atomic mass is 10.1. The van der Waals surface area contributed by atoms with Gasteiger partial charge in [-0.25, -0.2) is 13.8 Å². The number of hydrogen-bond donors (Lipinski definition) is 1. The van der Waals surface area contributed by atoms with E-state index in [1.165, 1.54) is 46.7 Å². The molecular weight excluding hydrogens is 552 g/mol. The first-order chi connectivity index (χ1) is 19.5. The quantitative estimate of drug-likeness (QED) is 0.317. The van der Waals surface area contributed by atoms with Crippen molar-refractivity contribution in [3.05, 3.63) is 110 Å². The molecule has 0 aliphatic carbocycles. The number of aromatic nitrogens is 2. The van der Waals surface area contributed by atoms with Crippen molar-refractivity contribution in [2.75, 3.05) is 27.2 Å². The molecule has 0 saturated carbocycles. The third-order valence-corrected chi connectivity index (χ3v) is 6.84. The maximum Gasteiger partial charge on any atom is 0.261 e. The summed E-state index contributed by atoms with van der Waals surface area (Å²) in [7, 11) is 3.05. The number of benzene rings is 3. The van der Waals surface area contributed by atoms with E-state index >= 15 is 0 Å². The largest absolute Gasteiger partial charge is 0.347 e. The number of likely N-dealkylation sites (N-methyl/N-ethyl adjacent to an activating group) is 1. The van der Waals surface area contributed by atoms with Gasteiger partial charge >= 0.3 is 0 Å². The Kier molecular flexibility index (Phi) is 9.14. The molecule has 0 spiro atoms. The minimum absolute atomic E-state index is 0.0749. The molecule has 1 aromatic heterocycles. The number of amides is 2. The van der Waals surface area contributed by atoms with Crippen LogP contribution in [0.5, 0.6) is 0 Å². The Balaban J connectivity index is 2.01. The summed E-state index contributed by atoms with van der Waals surface area (Å²) in [4.78, 5) is 49.0. The SMILES string of the molecule is Cc1ccc(C(=O)N(CCCN)C(C(=O)N(C)C)c2nc3cc(Cl)ccc3c(=O)n2Cc2cc(F)cc(F)c2)cc1. The number of nitrogens with zero attached hydrogens (tertiary/aromatic N) is 4. The van der Waals surface area contributed by atoms with Crippen molar-refractivity contribution in [2.45, 2.75) is 25.9 Å². The molecular formula is C30H30ClF2N5O3. The van der Waals surface area contributed by atoms with Crippen molar-refractivity contribution in [2.24, 2.45) is 5.73 Å². The molecule has 0 aliphatic heterocycles. The molecule has 3 aromatic carbocycles. The highest BCUT2D eigenvalue weighted by Gasteiger charge is 2.37. The monoisotopic (exact) mass is 581 g/mol. The summed E-state index contributed by atoms with van der Waals surface area (Å²) >= 11 is 6.21. The standard InChI is InChI=1S/C30H30ClF2N5O3/c1-18-5-7-20(8-6-18)28(39)37(12-4-11-34)26(30(41)36(2)3)27-35-25-15-21(31)9-10-24(25)29(40)38(27)17-19-13-22(32)16-23(33)14-19/h5-10,13-16,26H,4,11-12,17,34H2,1-3H3. The Morgan fingerprint density at radius 2 is 1.68 bits per heavy atom. The molecule has 4 rings (SSSR count). The predicted molar refractivity (Wildman–Crippen MR) is 154 cm³/mol. The van der Waals surface area contributed by atoms with Gasteiger partial charge in [-0.15, -0.1) is 0 Å². The molecule has 4 aromatic rings. The van der Waals surface area contributed by atoms with E-state index in [-0.39, 0.29) is 41.9 Å². The summed E-state index contributed by atoms with van der Waals surface area (Å²) in [5.41, 5.74) is 6.84. The molecule has 0 radical (unpaired) electrons. The van der Waals surface area contributed by atoms with E-state index in [4.69, 9.17) is 17.3 Å². The first-order valence-electron chi connectivity index (χ1n) is 12.9. The van der Waals surface area contributed by atoms with Crippen molar-refractivity contribution in [3.63, 3.8) is 0 Å².